The maximum absolute atomic E-state index is 13.2. The second-order valence-electron chi connectivity index (χ2n) is 6.93. The number of rotatable bonds is 4. The number of anilines is 1. The normalized spacial score (nSPS) is 11.5. The zero-order valence-electron chi connectivity index (χ0n) is 16.6. The molecular weight excluding hydrogens is 409 g/mol. The Hall–Kier alpha value is -3.88. The molecule has 4 rings (SSSR count). The van der Waals surface area contributed by atoms with Crippen molar-refractivity contribution in [2.24, 2.45) is 0 Å². The van der Waals surface area contributed by atoms with Crippen LogP contribution in [0.3, 0.4) is 0 Å². The van der Waals surface area contributed by atoms with E-state index in [0.29, 0.717) is 28.4 Å². The van der Waals surface area contributed by atoms with E-state index in [1.165, 1.54) is 18.2 Å². The number of benzene rings is 2. The third kappa shape index (κ3) is 4.20. The summed E-state index contributed by atoms with van der Waals surface area (Å²) in [6.45, 7) is 3.38. The van der Waals surface area contributed by atoms with Gasteiger partial charge in [-0.05, 0) is 49.2 Å². The fraction of sp³-hybridized carbons (Fsp3) is 0.136. The molecule has 1 amide bonds. The van der Waals surface area contributed by atoms with Gasteiger partial charge in [0.1, 0.15) is 5.75 Å². The number of aryl methyl sites for hydroxylation is 2. The lowest BCUT2D eigenvalue weighted by Gasteiger charge is -2.16. The minimum Gasteiger partial charge on any atom is -0.439 e. The lowest BCUT2D eigenvalue weighted by molar-refractivity contribution is -0.136. The molecule has 2 aromatic heterocycles. The molecule has 1 N–H and O–H groups in total. The maximum atomic E-state index is 13.2. The average Bonchev–Trinajstić information content (AvgIpc) is 3.15. The van der Waals surface area contributed by atoms with E-state index < -0.39 is 17.6 Å². The molecule has 0 fully saturated rings. The zero-order chi connectivity index (χ0) is 22.2. The molecule has 0 aliphatic carbocycles. The quantitative estimate of drug-likeness (QED) is 0.474. The molecule has 0 radical (unpaired) electrons. The predicted octanol–water partition coefficient (Wildman–Crippen LogP) is 5.41. The van der Waals surface area contributed by atoms with Crippen LogP contribution < -0.4 is 10.1 Å². The van der Waals surface area contributed by atoms with Crippen LogP contribution in [-0.2, 0) is 6.18 Å². The fourth-order valence-electron chi connectivity index (χ4n) is 3.34. The number of carbonyl (C=O) groups excluding carboxylic acids is 1. The summed E-state index contributed by atoms with van der Waals surface area (Å²) in [6.07, 6.45) is -1.25. The number of alkyl halides is 3. The zero-order valence-corrected chi connectivity index (χ0v) is 16.6. The summed E-state index contributed by atoms with van der Waals surface area (Å²) in [5, 5.41) is 6.45. The predicted molar refractivity (Wildman–Crippen MR) is 108 cm³/mol. The standard InChI is InChI=1S/C22H17F3N4O2/c1-13-11-15(31-19-8-10-29-18(28-19)7-9-26-29)12-14(2)20(13)21(30)27-17-6-4-3-5-16(17)22(23,24)25/h3-12H,1-2H3,(H,27,30). The molecule has 0 spiro atoms. The number of halogens is 3. The summed E-state index contributed by atoms with van der Waals surface area (Å²) in [4.78, 5) is 17.1. The largest absolute Gasteiger partial charge is 0.439 e. The van der Waals surface area contributed by atoms with Gasteiger partial charge in [0, 0.05) is 23.9 Å². The molecule has 0 bridgehead atoms. The van der Waals surface area contributed by atoms with Gasteiger partial charge in [0.25, 0.3) is 5.91 Å². The Morgan fingerprint density at radius 3 is 2.48 bits per heavy atom. The van der Waals surface area contributed by atoms with Gasteiger partial charge in [-0.25, -0.2) is 4.52 Å². The molecule has 4 aromatic rings. The molecule has 0 saturated carbocycles. The number of nitrogens with zero attached hydrogens (tertiary/aromatic N) is 3. The van der Waals surface area contributed by atoms with Crippen molar-refractivity contribution in [3.8, 4) is 11.6 Å². The highest BCUT2D eigenvalue weighted by molar-refractivity contribution is 6.06. The highest BCUT2D eigenvalue weighted by atomic mass is 19.4. The molecule has 158 valence electrons. The van der Waals surface area contributed by atoms with E-state index in [9.17, 15) is 18.0 Å². The highest BCUT2D eigenvalue weighted by Gasteiger charge is 2.33. The van der Waals surface area contributed by atoms with Gasteiger partial charge >= 0.3 is 6.18 Å². The topological polar surface area (TPSA) is 68.5 Å². The van der Waals surface area contributed by atoms with Crippen LogP contribution in [0.2, 0.25) is 0 Å². The number of aromatic nitrogens is 3. The Kier molecular flexibility index (Phi) is 5.10. The number of amides is 1. The fourth-order valence-corrected chi connectivity index (χ4v) is 3.34. The van der Waals surface area contributed by atoms with Crippen LogP contribution in [0.1, 0.15) is 27.0 Å². The smallest absolute Gasteiger partial charge is 0.418 e. The lowest BCUT2D eigenvalue weighted by Crippen LogP contribution is -2.18. The summed E-state index contributed by atoms with van der Waals surface area (Å²) in [5.74, 6) is 0.179. The summed E-state index contributed by atoms with van der Waals surface area (Å²) >= 11 is 0. The maximum Gasteiger partial charge on any atom is 0.418 e. The monoisotopic (exact) mass is 426 g/mol. The van der Waals surface area contributed by atoms with Crippen LogP contribution in [0.15, 0.2) is 60.9 Å². The first-order chi connectivity index (χ1) is 14.7. The molecule has 0 aliphatic rings. The van der Waals surface area contributed by atoms with Gasteiger partial charge in [-0.2, -0.15) is 23.3 Å². The molecule has 0 aliphatic heterocycles. The second kappa shape index (κ2) is 7.75. The Morgan fingerprint density at radius 2 is 1.77 bits per heavy atom. The number of carbonyl (C=O) groups is 1. The second-order valence-corrected chi connectivity index (χ2v) is 6.93. The summed E-state index contributed by atoms with van der Waals surface area (Å²) < 4.78 is 47.0. The number of hydrogen-bond acceptors (Lipinski definition) is 4. The van der Waals surface area contributed by atoms with Crippen LogP contribution in [0.25, 0.3) is 5.65 Å². The number of ether oxygens (including phenoxy) is 1. The van der Waals surface area contributed by atoms with E-state index in [1.54, 1.807) is 55.0 Å². The van der Waals surface area contributed by atoms with Crippen LogP contribution >= 0.6 is 0 Å². The lowest BCUT2D eigenvalue weighted by atomic mass is 10.0. The number of hydrogen-bond donors (Lipinski definition) is 1. The minimum absolute atomic E-state index is 0.281. The molecule has 31 heavy (non-hydrogen) atoms. The third-order valence-electron chi connectivity index (χ3n) is 4.67. The first-order valence-electron chi connectivity index (χ1n) is 9.29. The van der Waals surface area contributed by atoms with Crippen molar-refractivity contribution in [1.29, 1.82) is 0 Å². The van der Waals surface area contributed by atoms with Gasteiger partial charge in [-0.3, -0.25) is 4.79 Å². The van der Waals surface area contributed by atoms with Crippen LogP contribution in [-0.4, -0.2) is 20.5 Å². The SMILES string of the molecule is Cc1cc(Oc2ccn3nccc3n2)cc(C)c1C(=O)Nc1ccccc1C(F)(F)F. The number of fused-ring (bicyclic) bond motifs is 1. The van der Waals surface area contributed by atoms with Gasteiger partial charge in [-0.15, -0.1) is 0 Å². The van der Waals surface area contributed by atoms with Crippen molar-refractivity contribution in [2.45, 2.75) is 20.0 Å². The Bertz CT molecular complexity index is 1260. The van der Waals surface area contributed by atoms with E-state index in [1.807, 2.05) is 0 Å². The molecule has 9 heteroatoms. The van der Waals surface area contributed by atoms with Crippen molar-refractivity contribution >= 4 is 17.2 Å². The molecule has 0 saturated heterocycles. The molecule has 6 nitrogen and oxygen atoms in total. The van der Waals surface area contributed by atoms with Crippen LogP contribution in [0, 0.1) is 13.8 Å². The van der Waals surface area contributed by atoms with Crippen molar-refractivity contribution in [3.05, 3.63) is 83.2 Å². The molecule has 2 aromatic carbocycles. The van der Waals surface area contributed by atoms with Crippen LogP contribution in [0.4, 0.5) is 18.9 Å². The Morgan fingerprint density at radius 1 is 1.06 bits per heavy atom. The molecule has 0 atom stereocenters. The molecule has 0 unspecified atom stereocenters. The van der Waals surface area contributed by atoms with E-state index >= 15 is 0 Å². The van der Waals surface area contributed by atoms with Crippen molar-refractivity contribution < 1.29 is 22.7 Å². The first kappa shape index (κ1) is 20.4. The molecular formula is C22H17F3N4O2. The van der Waals surface area contributed by atoms with Gasteiger partial charge in [0.2, 0.25) is 5.88 Å². The number of nitrogens with one attached hydrogen (secondary N) is 1. The van der Waals surface area contributed by atoms with Crippen molar-refractivity contribution in [2.75, 3.05) is 5.32 Å². The van der Waals surface area contributed by atoms with Gasteiger partial charge in [-0.1, -0.05) is 12.1 Å². The average molecular weight is 426 g/mol. The summed E-state index contributed by atoms with van der Waals surface area (Å²) in [7, 11) is 0. The highest BCUT2D eigenvalue weighted by Crippen LogP contribution is 2.35. The Balaban J connectivity index is 1.59. The van der Waals surface area contributed by atoms with E-state index in [4.69, 9.17) is 4.74 Å². The Labute approximate surface area is 175 Å². The summed E-state index contributed by atoms with van der Waals surface area (Å²) in [5.41, 5.74) is 0.816. The van der Waals surface area contributed by atoms with Crippen LogP contribution in [0.5, 0.6) is 11.6 Å². The minimum atomic E-state index is -4.57. The first-order valence-corrected chi connectivity index (χ1v) is 9.29. The van der Waals surface area contributed by atoms with Gasteiger partial charge in [0.15, 0.2) is 5.65 Å². The van der Waals surface area contributed by atoms with Crippen molar-refractivity contribution in [3.63, 3.8) is 0 Å². The third-order valence-corrected chi connectivity index (χ3v) is 4.67. The van der Waals surface area contributed by atoms with Crippen molar-refractivity contribution in [1.82, 2.24) is 14.6 Å². The van der Waals surface area contributed by atoms with E-state index in [-0.39, 0.29) is 11.3 Å². The van der Waals surface area contributed by atoms with E-state index in [2.05, 4.69) is 15.4 Å². The van der Waals surface area contributed by atoms with Gasteiger partial charge < -0.3 is 10.1 Å². The van der Waals surface area contributed by atoms with Gasteiger partial charge in [0.05, 0.1) is 17.4 Å². The molecule has 2 heterocycles. The van der Waals surface area contributed by atoms with E-state index in [0.717, 1.165) is 6.07 Å². The number of para-hydroxylation sites is 1. The summed E-state index contributed by atoms with van der Waals surface area (Å²) in [6, 6.07) is 11.5.